The van der Waals surface area contributed by atoms with Crippen LogP contribution in [0.4, 0.5) is 56.9 Å². The van der Waals surface area contributed by atoms with Gasteiger partial charge in [-0.05, 0) is 103 Å². The Labute approximate surface area is 382 Å². The minimum atomic E-state index is -5.17. The molecule has 346 valence electrons. The summed E-state index contributed by atoms with van der Waals surface area (Å²) in [5.41, 5.74) is 18.6. The van der Waals surface area contributed by atoms with Crippen LogP contribution in [0.1, 0.15) is 0 Å². The molecule has 0 atom stereocenters. The van der Waals surface area contributed by atoms with Gasteiger partial charge in [0.05, 0.1) is 68.0 Å². The molecule has 0 radical (unpaired) electrons. The zero-order chi connectivity index (χ0) is 47.6. The van der Waals surface area contributed by atoms with Gasteiger partial charge in [-0.2, -0.15) is 23.8 Å². The Hall–Kier alpha value is -6.39. The van der Waals surface area contributed by atoms with Crippen molar-refractivity contribution in [2.24, 2.45) is 30.7 Å². The van der Waals surface area contributed by atoms with Gasteiger partial charge in [-0.15, -0.1) is 24.0 Å². The summed E-state index contributed by atoms with van der Waals surface area (Å²) in [6, 6.07) is 22.7. The van der Waals surface area contributed by atoms with Gasteiger partial charge in [-0.3, -0.25) is 13.5 Å². The number of nitrogens with one attached hydrogen (secondary N) is 1. The van der Waals surface area contributed by atoms with E-state index >= 15 is 0 Å². The van der Waals surface area contributed by atoms with Crippen LogP contribution in [-0.4, -0.2) is 57.8 Å². The molecule has 0 amide bonds. The minimum absolute atomic E-state index is 0.0274. The average Bonchev–Trinajstić information content (AvgIpc) is 3.28. The molecular formula is C36H32N10O15S5. The SMILES string of the molecule is Nc1ccc(/N=N/c2ccc(NS(=O)(=O)c3ccc(/N=N/c4c(S(=O)(=O)O)cc5c(SOOO)cc(/N=N/c6ccc(S(=O)(=O)CCOSOOO)cc6)c(N)c5c4O)cc3)cc2)c(N)c1. The Bertz CT molecular complexity index is 3170. The third kappa shape index (κ3) is 12.3. The number of sulfonamides is 1. The van der Waals surface area contributed by atoms with Crippen LogP contribution < -0.4 is 21.9 Å². The number of azo groups is 3. The summed E-state index contributed by atoms with van der Waals surface area (Å²) in [5.74, 6) is -1.39. The molecule has 30 heteroatoms. The number of phenolic OH excluding ortho intramolecular Hbond substituents is 1. The number of fused-ring (bicyclic) bond motifs is 1. The lowest BCUT2D eigenvalue weighted by Gasteiger charge is -2.14. The molecule has 0 bridgehead atoms. The quantitative estimate of drug-likeness (QED) is 0.00673. The van der Waals surface area contributed by atoms with Crippen LogP contribution in [0.15, 0.2) is 153 Å². The van der Waals surface area contributed by atoms with Crippen LogP contribution in [0.2, 0.25) is 0 Å². The van der Waals surface area contributed by atoms with Gasteiger partial charge in [0.1, 0.15) is 22.0 Å². The molecular weight excluding hydrogens is 973 g/mol. The highest BCUT2D eigenvalue weighted by atomic mass is 32.2. The monoisotopic (exact) mass is 1000 g/mol. The first-order chi connectivity index (χ1) is 31.4. The molecule has 0 unspecified atom stereocenters. The van der Waals surface area contributed by atoms with Gasteiger partial charge >= 0.3 is 0 Å². The van der Waals surface area contributed by atoms with E-state index in [0.717, 1.165) is 6.07 Å². The standard InChI is InChI=1S/C36H32N10O15S5/c37-20-1-14-29(28(38)17-20)43-40-21-2-4-24(5-3-21)46-65(52,53)26-12-8-23(9-13-26)42-45-35-32(66(54,55)56)18-27-31(62-60-58-48)19-30(34(39)33(27)36(35)47)44-41-22-6-10-25(11-7-22)64(50,51)16-15-57-63-61-59-49/h1-14,17-19,46-49H,15-16,37-39H2,(H,54,55,56)/b43-40+,44-41+,45-42+. The average molecular weight is 1010 g/mol. The topological polar surface area (TPSA) is 394 Å². The molecule has 6 aromatic carbocycles. The number of nitrogens with zero attached hydrogens (tertiary/aromatic N) is 6. The Morgan fingerprint density at radius 2 is 1.23 bits per heavy atom. The summed E-state index contributed by atoms with van der Waals surface area (Å²) in [4.78, 5) is -1.33. The molecule has 6 aromatic rings. The molecule has 0 fully saturated rings. The third-order valence-electron chi connectivity index (χ3n) is 8.62. The van der Waals surface area contributed by atoms with E-state index in [9.17, 15) is 34.9 Å². The summed E-state index contributed by atoms with van der Waals surface area (Å²) in [6.45, 7) is -0.317. The molecule has 0 heterocycles. The van der Waals surface area contributed by atoms with E-state index in [1.54, 1.807) is 12.1 Å². The fourth-order valence-corrected chi connectivity index (χ4v) is 9.18. The van der Waals surface area contributed by atoms with Crippen LogP contribution >= 0.6 is 24.4 Å². The maximum atomic E-state index is 13.2. The Balaban J connectivity index is 1.25. The summed E-state index contributed by atoms with van der Waals surface area (Å²) in [7, 11) is -13.2. The van der Waals surface area contributed by atoms with Crippen molar-refractivity contribution < 1.29 is 68.4 Å². The number of hydrogen-bond acceptors (Lipinski definition) is 25. The van der Waals surface area contributed by atoms with E-state index in [1.165, 1.54) is 84.9 Å². The fourth-order valence-electron chi connectivity index (χ4n) is 5.55. The van der Waals surface area contributed by atoms with Crippen LogP contribution in [0.5, 0.6) is 5.75 Å². The van der Waals surface area contributed by atoms with Crippen LogP contribution in [0.3, 0.4) is 0 Å². The maximum absolute atomic E-state index is 13.2. The molecule has 6 rings (SSSR count). The number of nitrogen functional groups attached to an aromatic ring is 3. The first kappa shape index (κ1) is 49.1. The molecule has 0 saturated carbocycles. The molecule has 66 heavy (non-hydrogen) atoms. The highest BCUT2D eigenvalue weighted by molar-refractivity contribution is 7.95. The molecule has 0 aliphatic carbocycles. The number of benzene rings is 6. The van der Waals surface area contributed by atoms with Crippen molar-refractivity contribution in [3.05, 3.63) is 103 Å². The number of hydrogen-bond donors (Lipinski definition) is 8. The molecule has 25 nitrogen and oxygen atoms in total. The highest BCUT2D eigenvalue weighted by Gasteiger charge is 2.26. The van der Waals surface area contributed by atoms with Gasteiger partial charge in [0, 0.05) is 21.7 Å². The molecule has 0 spiro atoms. The molecule has 0 aromatic heterocycles. The van der Waals surface area contributed by atoms with Crippen LogP contribution in [0, 0.1) is 0 Å². The number of phenols is 1. The van der Waals surface area contributed by atoms with E-state index in [2.05, 4.69) is 54.2 Å². The van der Waals surface area contributed by atoms with Crippen molar-refractivity contribution in [2.75, 3.05) is 34.3 Å². The van der Waals surface area contributed by atoms with Gasteiger partial charge in [-0.25, -0.2) is 27.4 Å². The van der Waals surface area contributed by atoms with Crippen molar-refractivity contribution in [3.8, 4) is 5.75 Å². The van der Waals surface area contributed by atoms with Gasteiger partial charge in [0.2, 0.25) is 0 Å². The Kier molecular flexibility index (Phi) is 15.8. The number of nitrogens with two attached hydrogens (primary N) is 3. The molecule has 0 saturated heterocycles. The lowest BCUT2D eigenvalue weighted by atomic mass is 10.0. The summed E-state index contributed by atoms with van der Waals surface area (Å²) in [6.07, 6.45) is 0. The first-order valence-electron chi connectivity index (χ1n) is 17.9. The first-order valence-corrected chi connectivity index (χ1v) is 23.9. The van der Waals surface area contributed by atoms with Gasteiger partial charge < -0.3 is 22.3 Å². The van der Waals surface area contributed by atoms with Gasteiger partial charge in [-0.1, -0.05) is 10.1 Å². The van der Waals surface area contributed by atoms with Crippen molar-refractivity contribution in [1.29, 1.82) is 0 Å². The number of rotatable bonds is 20. The number of sulfone groups is 1. The summed E-state index contributed by atoms with van der Waals surface area (Å²) >= 11 is 0.532. The second-order valence-corrected chi connectivity index (χ2v) is 19.3. The number of anilines is 4. The second kappa shape index (κ2) is 21.3. The van der Waals surface area contributed by atoms with Gasteiger partial charge in [0.15, 0.2) is 27.9 Å². The lowest BCUT2D eigenvalue weighted by Crippen LogP contribution is -2.12. The number of aromatic hydroxyl groups is 1. The normalized spacial score (nSPS) is 12.5. The van der Waals surface area contributed by atoms with E-state index in [4.69, 9.17) is 31.9 Å². The minimum Gasteiger partial charge on any atom is -0.505 e. The lowest BCUT2D eigenvalue weighted by molar-refractivity contribution is -0.434. The van der Waals surface area contributed by atoms with Crippen molar-refractivity contribution in [2.45, 2.75) is 19.6 Å². The predicted octanol–water partition coefficient (Wildman–Crippen LogP) is 8.79. The van der Waals surface area contributed by atoms with Crippen LogP contribution in [0.25, 0.3) is 10.8 Å². The summed E-state index contributed by atoms with van der Waals surface area (Å²) < 4.78 is 103. The van der Waals surface area contributed by atoms with E-state index < -0.39 is 52.1 Å². The third-order valence-corrected chi connectivity index (χ3v) is 13.6. The molecule has 0 aliphatic heterocycles. The smallest absolute Gasteiger partial charge is 0.296 e. The predicted molar refractivity (Wildman–Crippen MR) is 239 cm³/mol. The zero-order valence-corrected chi connectivity index (χ0v) is 37.0. The molecule has 0 aliphatic rings. The highest BCUT2D eigenvalue weighted by Crippen LogP contribution is 2.49. The van der Waals surface area contributed by atoms with E-state index in [-0.39, 0.29) is 72.8 Å². The molecule has 11 N–H and O–H groups in total. The Morgan fingerprint density at radius 3 is 1.82 bits per heavy atom. The maximum Gasteiger partial charge on any atom is 0.296 e. The Morgan fingerprint density at radius 1 is 0.652 bits per heavy atom. The van der Waals surface area contributed by atoms with Crippen molar-refractivity contribution in [1.82, 2.24) is 0 Å². The van der Waals surface area contributed by atoms with Gasteiger partial charge in [0.25, 0.3) is 20.1 Å². The van der Waals surface area contributed by atoms with Crippen molar-refractivity contribution in [3.63, 3.8) is 0 Å². The van der Waals surface area contributed by atoms with Crippen molar-refractivity contribution >= 4 is 122 Å². The van der Waals surface area contributed by atoms with E-state index in [1.807, 2.05) is 0 Å². The largest absolute Gasteiger partial charge is 0.505 e. The fraction of sp³-hybridized carbons (Fsp3) is 0.0556. The van der Waals surface area contributed by atoms with Crippen LogP contribution in [-0.2, 0) is 52.9 Å². The zero-order valence-electron chi connectivity index (χ0n) is 33.0. The van der Waals surface area contributed by atoms with E-state index in [0.29, 0.717) is 34.8 Å². The summed E-state index contributed by atoms with van der Waals surface area (Å²) in [5, 5.41) is 59.2. The second-order valence-electron chi connectivity index (χ2n) is 12.9.